The Labute approximate surface area is 134 Å². The normalized spacial score (nSPS) is 19.0. The topological polar surface area (TPSA) is 50.2 Å². The second-order valence-corrected chi connectivity index (χ2v) is 6.80. The molecule has 0 aromatic carbocycles. The minimum absolute atomic E-state index is 0.0385. The van der Waals surface area contributed by atoms with Gasteiger partial charge in [0.25, 0.3) is 5.56 Å². The largest absolute Gasteiger partial charge is 0.365 e. The van der Waals surface area contributed by atoms with Crippen molar-refractivity contribution in [2.24, 2.45) is 5.92 Å². The maximum Gasteiger partial charge on any atom is 0.283 e. The fraction of sp³-hybridized carbons (Fsp3) is 0.733. The Morgan fingerprint density at radius 1 is 1.57 bits per heavy atom. The van der Waals surface area contributed by atoms with E-state index < -0.39 is 0 Å². The molecular formula is C15H25BrN4O. The van der Waals surface area contributed by atoms with E-state index in [0.29, 0.717) is 23.0 Å². The highest BCUT2D eigenvalue weighted by atomic mass is 79.9. The highest BCUT2D eigenvalue weighted by Gasteiger charge is 2.23. The molecule has 21 heavy (non-hydrogen) atoms. The smallest absolute Gasteiger partial charge is 0.283 e. The maximum absolute atomic E-state index is 12.4. The van der Waals surface area contributed by atoms with Crippen molar-refractivity contribution in [3.05, 3.63) is 21.0 Å². The molecule has 1 aromatic heterocycles. The summed E-state index contributed by atoms with van der Waals surface area (Å²) in [6, 6.07) is 0.433. The lowest BCUT2D eigenvalue weighted by Crippen LogP contribution is -2.47. The zero-order chi connectivity index (χ0) is 15.4. The molecule has 0 aliphatic carbocycles. The summed E-state index contributed by atoms with van der Waals surface area (Å²) >= 11 is 3.49. The highest BCUT2D eigenvalue weighted by molar-refractivity contribution is 9.10. The van der Waals surface area contributed by atoms with Crippen LogP contribution in [0.15, 0.2) is 15.5 Å². The van der Waals surface area contributed by atoms with E-state index in [-0.39, 0.29) is 5.56 Å². The molecule has 2 rings (SSSR count). The predicted octanol–water partition coefficient (Wildman–Crippen LogP) is 2.24. The van der Waals surface area contributed by atoms with Crippen LogP contribution in [0.25, 0.3) is 0 Å². The maximum atomic E-state index is 12.4. The van der Waals surface area contributed by atoms with Gasteiger partial charge in [0, 0.05) is 25.7 Å². The van der Waals surface area contributed by atoms with Gasteiger partial charge in [-0.15, -0.1) is 0 Å². The molecule has 0 bridgehead atoms. The molecule has 0 radical (unpaired) electrons. The molecule has 1 N–H and O–H groups in total. The zero-order valence-corrected chi connectivity index (χ0v) is 14.7. The molecule has 1 atom stereocenters. The van der Waals surface area contributed by atoms with Gasteiger partial charge in [0.15, 0.2) is 0 Å². The summed E-state index contributed by atoms with van der Waals surface area (Å²) in [5, 5.41) is 7.79. The zero-order valence-electron chi connectivity index (χ0n) is 13.1. The number of piperidine rings is 1. The molecule has 5 nitrogen and oxygen atoms in total. The Hall–Kier alpha value is -0.880. The molecule has 0 amide bonds. The monoisotopic (exact) mass is 356 g/mol. The van der Waals surface area contributed by atoms with Gasteiger partial charge in [0.1, 0.15) is 4.47 Å². The lowest BCUT2D eigenvalue weighted by Gasteiger charge is -2.35. The number of nitrogens with zero attached hydrogens (tertiary/aromatic N) is 3. The van der Waals surface area contributed by atoms with E-state index in [9.17, 15) is 4.79 Å². The van der Waals surface area contributed by atoms with Crippen molar-refractivity contribution in [1.82, 2.24) is 15.1 Å². The highest BCUT2D eigenvalue weighted by Crippen LogP contribution is 2.25. The number of aromatic nitrogens is 2. The number of halogens is 1. The SMILES string of the molecule is CCN(c1cnn(CC(C)C)c(=O)c1Br)C1CCCNC1. The summed E-state index contributed by atoms with van der Waals surface area (Å²) in [5.41, 5.74) is 0.875. The van der Waals surface area contributed by atoms with Crippen molar-refractivity contribution in [2.45, 2.75) is 46.2 Å². The molecule has 2 heterocycles. The summed E-state index contributed by atoms with van der Waals surface area (Å²) in [5.74, 6) is 0.401. The summed E-state index contributed by atoms with van der Waals surface area (Å²) in [6.07, 6.45) is 4.16. The Bertz CT molecular complexity index is 523. The molecule has 0 spiro atoms. The van der Waals surface area contributed by atoms with Crippen molar-refractivity contribution in [3.8, 4) is 0 Å². The minimum atomic E-state index is -0.0385. The second-order valence-electron chi connectivity index (χ2n) is 6.01. The van der Waals surface area contributed by atoms with E-state index in [1.54, 1.807) is 4.68 Å². The van der Waals surface area contributed by atoms with Gasteiger partial charge in [-0.3, -0.25) is 4.79 Å². The Balaban J connectivity index is 2.29. The first kappa shape index (κ1) is 16.5. The van der Waals surface area contributed by atoms with E-state index in [4.69, 9.17) is 0 Å². The van der Waals surface area contributed by atoms with Crippen LogP contribution in [0.1, 0.15) is 33.6 Å². The van der Waals surface area contributed by atoms with Gasteiger partial charge in [-0.25, -0.2) is 4.68 Å². The lowest BCUT2D eigenvalue weighted by molar-refractivity contribution is 0.431. The van der Waals surface area contributed by atoms with Crippen molar-refractivity contribution >= 4 is 21.6 Å². The Morgan fingerprint density at radius 3 is 2.90 bits per heavy atom. The summed E-state index contributed by atoms with van der Waals surface area (Å²) < 4.78 is 2.18. The number of nitrogens with one attached hydrogen (secondary N) is 1. The number of likely N-dealkylation sites (N-methyl/N-ethyl adjacent to an activating group) is 1. The third-order valence-corrected chi connectivity index (χ3v) is 4.61. The summed E-state index contributed by atoms with van der Waals surface area (Å²) in [7, 11) is 0. The van der Waals surface area contributed by atoms with Crippen LogP contribution in [0, 0.1) is 5.92 Å². The first-order valence-electron chi connectivity index (χ1n) is 7.77. The number of hydrogen-bond acceptors (Lipinski definition) is 4. The van der Waals surface area contributed by atoms with Crippen LogP contribution in [0.3, 0.4) is 0 Å². The van der Waals surface area contributed by atoms with E-state index in [1.807, 2.05) is 6.20 Å². The lowest BCUT2D eigenvalue weighted by atomic mass is 10.1. The van der Waals surface area contributed by atoms with Crippen molar-refractivity contribution < 1.29 is 0 Å². The predicted molar refractivity (Wildman–Crippen MR) is 89.9 cm³/mol. The first-order chi connectivity index (χ1) is 10.0. The van der Waals surface area contributed by atoms with Crippen molar-refractivity contribution in [3.63, 3.8) is 0 Å². The fourth-order valence-corrected chi connectivity index (χ4v) is 3.39. The fourth-order valence-electron chi connectivity index (χ4n) is 2.86. The van der Waals surface area contributed by atoms with Crippen molar-refractivity contribution in [2.75, 3.05) is 24.5 Å². The van der Waals surface area contributed by atoms with Crippen LogP contribution >= 0.6 is 15.9 Å². The molecule has 1 unspecified atom stereocenters. The van der Waals surface area contributed by atoms with Crippen LogP contribution in [-0.4, -0.2) is 35.5 Å². The average molecular weight is 357 g/mol. The molecule has 118 valence electrons. The van der Waals surface area contributed by atoms with E-state index in [1.165, 1.54) is 6.42 Å². The van der Waals surface area contributed by atoms with E-state index in [0.717, 1.165) is 31.7 Å². The second kappa shape index (κ2) is 7.40. The van der Waals surface area contributed by atoms with Gasteiger partial charge in [-0.05, 0) is 48.2 Å². The van der Waals surface area contributed by atoms with Gasteiger partial charge in [0.05, 0.1) is 11.9 Å². The third-order valence-electron chi connectivity index (χ3n) is 3.87. The third kappa shape index (κ3) is 3.86. The Morgan fingerprint density at radius 2 is 2.33 bits per heavy atom. The van der Waals surface area contributed by atoms with Crippen LogP contribution in [-0.2, 0) is 6.54 Å². The molecule has 1 saturated heterocycles. The summed E-state index contributed by atoms with van der Waals surface area (Å²) in [6.45, 7) is 9.87. The van der Waals surface area contributed by atoms with Crippen LogP contribution < -0.4 is 15.8 Å². The quantitative estimate of drug-likeness (QED) is 0.878. The van der Waals surface area contributed by atoms with Crippen LogP contribution in [0.5, 0.6) is 0 Å². The Kier molecular flexibility index (Phi) is 5.81. The summed E-state index contributed by atoms with van der Waals surface area (Å²) in [4.78, 5) is 14.7. The molecule has 1 fully saturated rings. The molecule has 1 aliphatic heterocycles. The van der Waals surface area contributed by atoms with E-state index >= 15 is 0 Å². The van der Waals surface area contributed by atoms with Gasteiger partial charge < -0.3 is 10.2 Å². The molecule has 6 heteroatoms. The number of hydrogen-bond donors (Lipinski definition) is 1. The molecule has 1 aromatic rings. The van der Waals surface area contributed by atoms with Crippen molar-refractivity contribution in [1.29, 1.82) is 0 Å². The molecule has 1 aliphatic rings. The minimum Gasteiger partial charge on any atom is -0.365 e. The van der Waals surface area contributed by atoms with Gasteiger partial charge in [-0.1, -0.05) is 13.8 Å². The van der Waals surface area contributed by atoms with Gasteiger partial charge in [0.2, 0.25) is 0 Å². The number of anilines is 1. The average Bonchev–Trinajstić information content (AvgIpc) is 2.48. The van der Waals surface area contributed by atoms with E-state index in [2.05, 4.69) is 52.0 Å². The van der Waals surface area contributed by atoms with Gasteiger partial charge in [-0.2, -0.15) is 5.10 Å². The van der Waals surface area contributed by atoms with Crippen LogP contribution in [0.4, 0.5) is 5.69 Å². The van der Waals surface area contributed by atoms with Gasteiger partial charge >= 0.3 is 0 Å². The number of rotatable bonds is 5. The first-order valence-corrected chi connectivity index (χ1v) is 8.56. The standard InChI is InChI=1S/C15H25BrN4O/c1-4-19(12-6-5-7-17-8-12)13-9-18-20(10-11(2)3)15(21)14(13)16/h9,11-12,17H,4-8,10H2,1-3H3. The molecular weight excluding hydrogens is 332 g/mol. The van der Waals surface area contributed by atoms with Crippen LogP contribution in [0.2, 0.25) is 0 Å². The molecule has 0 saturated carbocycles.